The number of carbonyl (C=O) groups is 2. The van der Waals surface area contributed by atoms with Crippen molar-refractivity contribution in [3.63, 3.8) is 0 Å². The van der Waals surface area contributed by atoms with E-state index in [4.69, 9.17) is 0 Å². The average Bonchev–Trinajstić information content (AvgIpc) is 2.39. The Balaban J connectivity index is 1.75. The molecule has 0 bridgehead atoms. The molecule has 112 valence electrons. The van der Waals surface area contributed by atoms with E-state index in [0.717, 1.165) is 19.3 Å². The molecule has 1 saturated carbocycles. The SMILES string of the molecule is C[C@@H]1C(=O)N(c2cccc(F)c2)CCN1C(=O)C1CCC1. The van der Waals surface area contributed by atoms with Crippen LogP contribution in [0.3, 0.4) is 0 Å². The van der Waals surface area contributed by atoms with Gasteiger partial charge in [-0.1, -0.05) is 12.5 Å². The van der Waals surface area contributed by atoms with Gasteiger partial charge in [-0.15, -0.1) is 0 Å². The van der Waals surface area contributed by atoms with Crippen molar-refractivity contribution in [3.05, 3.63) is 30.1 Å². The normalized spacial score (nSPS) is 23.1. The van der Waals surface area contributed by atoms with Crippen LogP contribution in [0, 0.1) is 11.7 Å². The number of rotatable bonds is 2. The van der Waals surface area contributed by atoms with Crippen LogP contribution >= 0.6 is 0 Å². The molecule has 1 aromatic rings. The fourth-order valence-electron chi connectivity index (χ4n) is 2.96. The van der Waals surface area contributed by atoms with Crippen molar-refractivity contribution < 1.29 is 14.0 Å². The Morgan fingerprint density at radius 1 is 1.29 bits per heavy atom. The van der Waals surface area contributed by atoms with Crippen LogP contribution in [-0.4, -0.2) is 35.8 Å². The quantitative estimate of drug-likeness (QED) is 0.837. The molecule has 1 aliphatic carbocycles. The standard InChI is InChI=1S/C16H19FN2O2/c1-11-15(20)19(14-7-3-6-13(17)10-14)9-8-18(11)16(21)12-4-2-5-12/h3,6-7,10-12H,2,4-5,8-9H2,1H3/t11-/m1/s1. The number of nitrogens with zero attached hydrogens (tertiary/aromatic N) is 2. The van der Waals surface area contributed by atoms with Gasteiger partial charge in [0, 0.05) is 24.7 Å². The van der Waals surface area contributed by atoms with Crippen LogP contribution in [0.15, 0.2) is 24.3 Å². The largest absolute Gasteiger partial charge is 0.329 e. The number of hydrogen-bond acceptors (Lipinski definition) is 2. The van der Waals surface area contributed by atoms with Crippen molar-refractivity contribution in [2.75, 3.05) is 18.0 Å². The minimum Gasteiger partial charge on any atom is -0.329 e. The van der Waals surface area contributed by atoms with Gasteiger partial charge in [-0.3, -0.25) is 9.59 Å². The zero-order valence-corrected chi connectivity index (χ0v) is 12.1. The van der Waals surface area contributed by atoms with Gasteiger partial charge in [-0.25, -0.2) is 4.39 Å². The number of piperazine rings is 1. The molecule has 0 radical (unpaired) electrons. The molecule has 21 heavy (non-hydrogen) atoms. The van der Waals surface area contributed by atoms with E-state index < -0.39 is 6.04 Å². The van der Waals surface area contributed by atoms with Gasteiger partial charge in [0.1, 0.15) is 11.9 Å². The first kappa shape index (κ1) is 14.0. The summed E-state index contributed by atoms with van der Waals surface area (Å²) in [7, 11) is 0. The van der Waals surface area contributed by atoms with E-state index in [1.54, 1.807) is 28.9 Å². The van der Waals surface area contributed by atoms with Crippen LogP contribution in [0.2, 0.25) is 0 Å². The molecule has 2 amide bonds. The van der Waals surface area contributed by atoms with E-state index >= 15 is 0 Å². The molecule has 0 unspecified atom stereocenters. The minimum absolute atomic E-state index is 0.0981. The summed E-state index contributed by atoms with van der Waals surface area (Å²) in [4.78, 5) is 28.1. The second kappa shape index (κ2) is 5.47. The molecule has 3 rings (SSSR count). The predicted octanol–water partition coefficient (Wildman–Crippen LogP) is 2.19. The maximum Gasteiger partial charge on any atom is 0.249 e. The highest BCUT2D eigenvalue weighted by molar-refractivity contribution is 6.00. The molecule has 1 atom stereocenters. The maximum absolute atomic E-state index is 13.3. The van der Waals surface area contributed by atoms with Crippen LogP contribution in [0.4, 0.5) is 10.1 Å². The lowest BCUT2D eigenvalue weighted by Gasteiger charge is -2.41. The van der Waals surface area contributed by atoms with Gasteiger partial charge < -0.3 is 9.80 Å². The molecule has 0 aromatic heterocycles. The summed E-state index contributed by atoms with van der Waals surface area (Å²) < 4.78 is 13.3. The zero-order chi connectivity index (χ0) is 15.0. The highest BCUT2D eigenvalue weighted by Gasteiger charge is 2.38. The summed E-state index contributed by atoms with van der Waals surface area (Å²) >= 11 is 0. The number of benzene rings is 1. The monoisotopic (exact) mass is 290 g/mol. The molecule has 5 heteroatoms. The van der Waals surface area contributed by atoms with E-state index in [9.17, 15) is 14.0 Å². The predicted molar refractivity (Wildman–Crippen MR) is 77.3 cm³/mol. The second-order valence-electron chi connectivity index (χ2n) is 5.81. The van der Waals surface area contributed by atoms with E-state index in [1.807, 2.05) is 0 Å². The molecule has 0 spiro atoms. The lowest BCUT2D eigenvalue weighted by atomic mass is 9.84. The van der Waals surface area contributed by atoms with Gasteiger partial charge in [0.05, 0.1) is 0 Å². The summed E-state index contributed by atoms with van der Waals surface area (Å²) in [6.07, 6.45) is 2.97. The Hall–Kier alpha value is -1.91. The molecule has 4 nitrogen and oxygen atoms in total. The van der Waals surface area contributed by atoms with Crippen LogP contribution < -0.4 is 4.90 Å². The molecule has 1 saturated heterocycles. The maximum atomic E-state index is 13.3. The molecule has 1 aromatic carbocycles. The van der Waals surface area contributed by atoms with Gasteiger partial charge >= 0.3 is 0 Å². The molecule has 2 aliphatic rings. The average molecular weight is 290 g/mol. The third kappa shape index (κ3) is 2.52. The van der Waals surface area contributed by atoms with Crippen molar-refractivity contribution in [3.8, 4) is 0 Å². The van der Waals surface area contributed by atoms with E-state index in [-0.39, 0.29) is 23.5 Å². The Morgan fingerprint density at radius 2 is 2.05 bits per heavy atom. The first-order valence-corrected chi connectivity index (χ1v) is 7.45. The molecular formula is C16H19FN2O2. The fourth-order valence-corrected chi connectivity index (χ4v) is 2.96. The lowest BCUT2D eigenvalue weighted by Crippen LogP contribution is -2.59. The topological polar surface area (TPSA) is 40.6 Å². The number of halogens is 1. The van der Waals surface area contributed by atoms with Crippen molar-refractivity contribution >= 4 is 17.5 Å². The van der Waals surface area contributed by atoms with E-state index in [2.05, 4.69) is 0 Å². The first-order chi connectivity index (χ1) is 10.1. The molecular weight excluding hydrogens is 271 g/mol. The summed E-state index contributed by atoms with van der Waals surface area (Å²) in [6.45, 7) is 2.69. The number of amides is 2. The number of anilines is 1. The molecule has 1 aliphatic heterocycles. The summed E-state index contributed by atoms with van der Waals surface area (Å²) in [5.74, 6) is -0.303. The Morgan fingerprint density at radius 3 is 2.67 bits per heavy atom. The Bertz CT molecular complexity index is 571. The van der Waals surface area contributed by atoms with E-state index in [0.29, 0.717) is 18.8 Å². The minimum atomic E-state index is -0.477. The van der Waals surface area contributed by atoms with Crippen molar-refractivity contribution in [1.29, 1.82) is 0 Å². The lowest BCUT2D eigenvalue weighted by molar-refractivity contribution is -0.146. The second-order valence-corrected chi connectivity index (χ2v) is 5.81. The van der Waals surface area contributed by atoms with Crippen LogP contribution in [0.5, 0.6) is 0 Å². The Kier molecular flexibility index (Phi) is 3.66. The highest BCUT2D eigenvalue weighted by atomic mass is 19.1. The number of hydrogen-bond donors (Lipinski definition) is 0. The molecule has 0 N–H and O–H groups in total. The van der Waals surface area contributed by atoms with E-state index in [1.165, 1.54) is 12.1 Å². The smallest absolute Gasteiger partial charge is 0.249 e. The van der Waals surface area contributed by atoms with Gasteiger partial charge in [-0.05, 0) is 38.0 Å². The van der Waals surface area contributed by atoms with Crippen molar-refractivity contribution in [2.24, 2.45) is 5.92 Å². The zero-order valence-electron chi connectivity index (χ0n) is 12.1. The highest BCUT2D eigenvalue weighted by Crippen LogP contribution is 2.30. The Labute approximate surface area is 123 Å². The van der Waals surface area contributed by atoms with Gasteiger partial charge in [-0.2, -0.15) is 0 Å². The summed E-state index contributed by atoms with van der Waals surface area (Å²) in [5, 5.41) is 0. The molecule has 2 fully saturated rings. The van der Waals surface area contributed by atoms with Gasteiger partial charge in [0.2, 0.25) is 11.8 Å². The van der Waals surface area contributed by atoms with Crippen molar-refractivity contribution in [1.82, 2.24) is 4.90 Å². The van der Waals surface area contributed by atoms with Gasteiger partial charge in [0.25, 0.3) is 0 Å². The van der Waals surface area contributed by atoms with Crippen molar-refractivity contribution in [2.45, 2.75) is 32.2 Å². The third-order valence-electron chi connectivity index (χ3n) is 4.51. The van der Waals surface area contributed by atoms with Crippen LogP contribution in [-0.2, 0) is 9.59 Å². The summed E-state index contributed by atoms with van der Waals surface area (Å²) in [5.41, 5.74) is 0.558. The van der Waals surface area contributed by atoms with Crippen LogP contribution in [0.1, 0.15) is 26.2 Å². The first-order valence-electron chi connectivity index (χ1n) is 7.45. The summed E-state index contributed by atoms with van der Waals surface area (Å²) in [6, 6.07) is 5.54. The fraction of sp³-hybridized carbons (Fsp3) is 0.500. The van der Waals surface area contributed by atoms with Crippen LogP contribution in [0.25, 0.3) is 0 Å². The molecule has 1 heterocycles. The third-order valence-corrected chi connectivity index (χ3v) is 4.51. The number of carbonyl (C=O) groups excluding carboxylic acids is 2. The van der Waals surface area contributed by atoms with Gasteiger partial charge in [0.15, 0.2) is 0 Å².